The lowest BCUT2D eigenvalue weighted by molar-refractivity contribution is -0.118. The van der Waals surface area contributed by atoms with Gasteiger partial charge in [0.15, 0.2) is 6.61 Å². The van der Waals surface area contributed by atoms with Crippen LogP contribution in [0.4, 0.5) is 11.4 Å². The molecule has 0 aliphatic carbocycles. The van der Waals surface area contributed by atoms with Crippen LogP contribution < -0.4 is 14.8 Å². The fourth-order valence-electron chi connectivity index (χ4n) is 3.25. The van der Waals surface area contributed by atoms with Gasteiger partial charge in [-0.1, -0.05) is 46.3 Å². The molecule has 176 valence electrons. The lowest BCUT2D eigenvalue weighted by atomic mass is 10.2. The highest BCUT2D eigenvalue weighted by molar-refractivity contribution is 9.11. The predicted molar refractivity (Wildman–Crippen MR) is 147 cm³/mol. The zero-order chi connectivity index (χ0) is 24.6. The van der Waals surface area contributed by atoms with E-state index in [1.165, 1.54) is 0 Å². The number of nitrogens with zero attached hydrogens (tertiary/aromatic N) is 1. The van der Waals surface area contributed by atoms with E-state index in [1.54, 1.807) is 6.21 Å². The number of carbonyl (C=O) groups excluding carboxylic acids is 1. The lowest BCUT2D eigenvalue weighted by Crippen LogP contribution is -2.20. The second-order valence-electron chi connectivity index (χ2n) is 7.68. The van der Waals surface area contributed by atoms with E-state index < -0.39 is 0 Å². The molecule has 0 aliphatic heterocycles. The van der Waals surface area contributed by atoms with Crippen molar-refractivity contribution in [3.63, 3.8) is 0 Å². The summed E-state index contributed by atoms with van der Waals surface area (Å²) in [6, 6.07) is 28.4. The fourth-order valence-corrected chi connectivity index (χ4v) is 4.63. The maximum atomic E-state index is 12.4. The number of carbonyl (C=O) groups is 1. The zero-order valence-electron chi connectivity index (χ0n) is 18.9. The van der Waals surface area contributed by atoms with E-state index in [0.29, 0.717) is 10.2 Å². The van der Waals surface area contributed by atoms with Crippen LogP contribution in [0.1, 0.15) is 11.1 Å². The van der Waals surface area contributed by atoms with Crippen molar-refractivity contribution >= 4 is 55.4 Å². The number of ether oxygens (including phenoxy) is 2. The van der Waals surface area contributed by atoms with Crippen LogP contribution >= 0.6 is 31.9 Å². The number of aliphatic imine (C=N–C) groups is 1. The Balaban J connectivity index is 1.44. The molecule has 0 radical (unpaired) electrons. The van der Waals surface area contributed by atoms with E-state index in [1.807, 2.05) is 97.9 Å². The van der Waals surface area contributed by atoms with Crippen LogP contribution in [0, 0.1) is 6.92 Å². The summed E-state index contributed by atoms with van der Waals surface area (Å²) in [5, 5.41) is 2.85. The summed E-state index contributed by atoms with van der Waals surface area (Å²) in [6.07, 6.45) is 1.70. The van der Waals surface area contributed by atoms with Crippen molar-refractivity contribution in [2.75, 3.05) is 11.9 Å². The number of amides is 1. The minimum atomic E-state index is -0.248. The van der Waals surface area contributed by atoms with Gasteiger partial charge in [-0.25, -0.2) is 0 Å². The fraction of sp³-hybridized carbons (Fsp3) is 0.0714. The molecule has 0 unspecified atom stereocenters. The van der Waals surface area contributed by atoms with Crippen molar-refractivity contribution < 1.29 is 14.3 Å². The second kappa shape index (κ2) is 11.8. The summed E-state index contributed by atoms with van der Waals surface area (Å²) < 4.78 is 13.3. The molecule has 4 rings (SSSR count). The Labute approximate surface area is 221 Å². The Morgan fingerprint density at radius 1 is 0.914 bits per heavy atom. The number of benzene rings is 4. The molecule has 0 bridgehead atoms. The number of hydrogen-bond donors (Lipinski definition) is 1. The van der Waals surface area contributed by atoms with Crippen molar-refractivity contribution in [3.05, 3.63) is 111 Å². The van der Waals surface area contributed by atoms with E-state index in [9.17, 15) is 4.79 Å². The van der Waals surface area contributed by atoms with Gasteiger partial charge in [0.25, 0.3) is 5.91 Å². The molecule has 0 heterocycles. The Morgan fingerprint density at radius 2 is 1.66 bits per heavy atom. The molecular formula is C28H22Br2N2O3. The molecule has 0 aromatic heterocycles. The molecule has 0 saturated carbocycles. The quantitative estimate of drug-likeness (QED) is 0.210. The minimum Gasteiger partial charge on any atom is -0.482 e. The van der Waals surface area contributed by atoms with Gasteiger partial charge in [-0.2, -0.15) is 0 Å². The number of nitrogens with one attached hydrogen (secondary N) is 1. The Kier molecular flexibility index (Phi) is 8.34. The van der Waals surface area contributed by atoms with Crippen LogP contribution in [0.25, 0.3) is 0 Å². The minimum absolute atomic E-state index is 0.138. The molecule has 4 aromatic rings. The average molecular weight is 594 g/mol. The first-order chi connectivity index (χ1) is 17.0. The van der Waals surface area contributed by atoms with E-state index in [4.69, 9.17) is 9.47 Å². The van der Waals surface area contributed by atoms with Crippen LogP contribution in [-0.4, -0.2) is 18.7 Å². The molecular weight excluding hydrogens is 572 g/mol. The van der Waals surface area contributed by atoms with Crippen LogP contribution in [-0.2, 0) is 4.79 Å². The summed E-state index contributed by atoms with van der Waals surface area (Å²) in [7, 11) is 0. The smallest absolute Gasteiger partial charge is 0.262 e. The summed E-state index contributed by atoms with van der Waals surface area (Å²) in [6.45, 7) is 1.83. The van der Waals surface area contributed by atoms with Crippen LogP contribution in [0.2, 0.25) is 0 Å². The van der Waals surface area contributed by atoms with Crippen LogP contribution in [0.15, 0.2) is 105 Å². The van der Waals surface area contributed by atoms with Crippen LogP contribution in [0.3, 0.4) is 0 Å². The van der Waals surface area contributed by atoms with Gasteiger partial charge in [-0.15, -0.1) is 0 Å². The number of halogens is 2. The number of hydrogen-bond acceptors (Lipinski definition) is 4. The molecule has 5 nitrogen and oxygen atoms in total. The normalized spacial score (nSPS) is 10.8. The first-order valence-corrected chi connectivity index (χ1v) is 12.4. The van der Waals surface area contributed by atoms with Gasteiger partial charge in [-0.05, 0) is 89.1 Å². The third kappa shape index (κ3) is 7.28. The number of rotatable bonds is 8. The molecule has 4 aromatic carbocycles. The molecule has 0 aliphatic rings. The maximum absolute atomic E-state index is 12.4. The third-order valence-corrected chi connectivity index (χ3v) is 5.90. The first-order valence-electron chi connectivity index (χ1n) is 10.8. The van der Waals surface area contributed by atoms with Crippen molar-refractivity contribution in [2.45, 2.75) is 6.92 Å². The predicted octanol–water partition coefficient (Wildman–Crippen LogP) is 8.08. The molecule has 35 heavy (non-hydrogen) atoms. The van der Waals surface area contributed by atoms with Gasteiger partial charge in [0, 0.05) is 21.9 Å². The van der Waals surface area contributed by atoms with E-state index in [2.05, 4.69) is 42.2 Å². The van der Waals surface area contributed by atoms with Gasteiger partial charge >= 0.3 is 0 Å². The van der Waals surface area contributed by atoms with Crippen molar-refractivity contribution in [1.82, 2.24) is 0 Å². The lowest BCUT2D eigenvalue weighted by Gasteiger charge is -2.12. The SMILES string of the molecule is Cc1cccc(NC(=O)COc2c(Br)cc(Br)cc2C=Nc2ccc(Oc3ccccc3)cc2)c1. The Hall–Kier alpha value is -3.42. The molecule has 0 spiro atoms. The van der Waals surface area contributed by atoms with Gasteiger partial charge in [0.1, 0.15) is 17.2 Å². The van der Waals surface area contributed by atoms with Gasteiger partial charge in [0.05, 0.1) is 10.2 Å². The Bertz CT molecular complexity index is 1340. The molecule has 7 heteroatoms. The first kappa shape index (κ1) is 24.7. The standard InChI is InChI=1S/C28H22Br2N2O3/c1-19-6-5-7-23(14-19)32-27(33)18-34-28-20(15-21(29)16-26(28)30)17-31-22-10-12-25(13-11-22)35-24-8-3-2-4-9-24/h2-17H,18H2,1H3,(H,32,33). The molecule has 1 N–H and O–H groups in total. The highest BCUT2D eigenvalue weighted by Crippen LogP contribution is 2.33. The largest absolute Gasteiger partial charge is 0.482 e. The van der Waals surface area contributed by atoms with Crippen molar-refractivity contribution in [1.29, 1.82) is 0 Å². The third-order valence-electron chi connectivity index (χ3n) is 4.85. The topological polar surface area (TPSA) is 59.9 Å². The second-order valence-corrected chi connectivity index (χ2v) is 9.45. The van der Waals surface area contributed by atoms with Gasteiger partial charge in [0.2, 0.25) is 0 Å². The average Bonchev–Trinajstić information content (AvgIpc) is 2.83. The zero-order valence-corrected chi connectivity index (χ0v) is 22.0. The van der Waals surface area contributed by atoms with Gasteiger partial charge in [-0.3, -0.25) is 9.79 Å². The summed E-state index contributed by atoms with van der Waals surface area (Å²) >= 11 is 7.03. The Morgan fingerprint density at radius 3 is 2.40 bits per heavy atom. The summed E-state index contributed by atoms with van der Waals surface area (Å²) in [5.41, 5.74) is 3.27. The molecule has 0 saturated heterocycles. The summed E-state index contributed by atoms with van der Waals surface area (Å²) in [4.78, 5) is 17.0. The van der Waals surface area contributed by atoms with E-state index in [0.717, 1.165) is 38.5 Å². The molecule has 0 fully saturated rings. The van der Waals surface area contributed by atoms with E-state index >= 15 is 0 Å². The van der Waals surface area contributed by atoms with Gasteiger partial charge < -0.3 is 14.8 Å². The highest BCUT2D eigenvalue weighted by Gasteiger charge is 2.12. The highest BCUT2D eigenvalue weighted by atomic mass is 79.9. The number of anilines is 1. The van der Waals surface area contributed by atoms with E-state index in [-0.39, 0.29) is 12.5 Å². The van der Waals surface area contributed by atoms with Crippen LogP contribution in [0.5, 0.6) is 17.2 Å². The van der Waals surface area contributed by atoms with Crippen molar-refractivity contribution in [3.8, 4) is 17.2 Å². The summed E-state index contributed by atoms with van der Waals surface area (Å²) in [5.74, 6) is 1.78. The number of aryl methyl sites for hydroxylation is 1. The maximum Gasteiger partial charge on any atom is 0.262 e. The van der Waals surface area contributed by atoms with Crippen molar-refractivity contribution in [2.24, 2.45) is 4.99 Å². The molecule has 1 amide bonds. The monoisotopic (exact) mass is 592 g/mol. The molecule has 0 atom stereocenters. The number of para-hydroxylation sites is 1.